The van der Waals surface area contributed by atoms with Crippen LogP contribution in [-0.2, 0) is 0 Å². The van der Waals surface area contributed by atoms with Gasteiger partial charge in [0.05, 0.1) is 11.2 Å². The van der Waals surface area contributed by atoms with Gasteiger partial charge in [0, 0.05) is 17.6 Å². The second-order valence-corrected chi connectivity index (χ2v) is 6.34. The molecule has 2 nitrogen and oxygen atoms in total. The summed E-state index contributed by atoms with van der Waals surface area (Å²) in [6.07, 6.45) is 5.51. The molecule has 1 aromatic carbocycles. The van der Waals surface area contributed by atoms with Gasteiger partial charge in [0.15, 0.2) is 0 Å². The molecule has 20 heavy (non-hydrogen) atoms. The van der Waals surface area contributed by atoms with Crippen LogP contribution in [0.25, 0.3) is 10.9 Å². The molecule has 0 unspecified atom stereocenters. The first kappa shape index (κ1) is 13.4. The van der Waals surface area contributed by atoms with Gasteiger partial charge in [-0.25, -0.2) is 0 Å². The summed E-state index contributed by atoms with van der Waals surface area (Å²) in [6, 6.07) is 10.6. The monoisotopic (exact) mass is 268 g/mol. The predicted octanol–water partition coefficient (Wildman–Crippen LogP) is 4.78. The van der Waals surface area contributed by atoms with Crippen molar-refractivity contribution in [3.8, 4) is 0 Å². The molecule has 0 saturated heterocycles. The molecular formula is C18H24N2. The minimum Gasteiger partial charge on any atom is -0.383 e. The molecule has 2 aromatic rings. The summed E-state index contributed by atoms with van der Waals surface area (Å²) < 4.78 is 0. The van der Waals surface area contributed by atoms with Crippen LogP contribution in [0.5, 0.6) is 0 Å². The normalized spacial score (nSPS) is 22.9. The molecule has 0 spiro atoms. The number of benzene rings is 1. The second-order valence-electron chi connectivity index (χ2n) is 6.34. The number of nitrogens with one attached hydrogen (secondary N) is 1. The average molecular weight is 268 g/mol. The fourth-order valence-electron chi connectivity index (χ4n) is 3.17. The first-order chi connectivity index (χ1) is 9.72. The molecule has 0 aliphatic heterocycles. The number of pyridine rings is 1. The van der Waals surface area contributed by atoms with E-state index in [4.69, 9.17) is 0 Å². The minimum absolute atomic E-state index is 0.825. The Morgan fingerprint density at radius 2 is 1.90 bits per heavy atom. The molecule has 1 fully saturated rings. The van der Waals surface area contributed by atoms with Crippen molar-refractivity contribution in [1.82, 2.24) is 4.98 Å². The molecule has 0 bridgehead atoms. The Bertz CT molecular complexity index is 583. The van der Waals surface area contributed by atoms with Crippen molar-refractivity contribution in [3.05, 3.63) is 36.0 Å². The van der Waals surface area contributed by atoms with E-state index in [1.54, 1.807) is 0 Å². The van der Waals surface area contributed by atoms with Crippen molar-refractivity contribution in [2.75, 3.05) is 11.9 Å². The number of nitrogens with zero attached hydrogens (tertiary/aromatic N) is 1. The lowest BCUT2D eigenvalue weighted by atomic mass is 9.83. The summed E-state index contributed by atoms with van der Waals surface area (Å²) in [6.45, 7) is 5.52. The predicted molar refractivity (Wildman–Crippen MR) is 86.1 cm³/mol. The Hall–Kier alpha value is -1.57. The number of aryl methyl sites for hydroxylation is 1. The Morgan fingerprint density at radius 1 is 1.10 bits per heavy atom. The summed E-state index contributed by atoms with van der Waals surface area (Å²) >= 11 is 0. The number of aromatic nitrogens is 1. The molecular weight excluding hydrogens is 244 g/mol. The number of hydrogen-bond donors (Lipinski definition) is 1. The van der Waals surface area contributed by atoms with Gasteiger partial charge in [0.25, 0.3) is 0 Å². The number of fused-ring (bicyclic) bond motifs is 1. The molecule has 1 aliphatic carbocycles. The van der Waals surface area contributed by atoms with Crippen LogP contribution >= 0.6 is 0 Å². The van der Waals surface area contributed by atoms with E-state index < -0.39 is 0 Å². The Kier molecular flexibility index (Phi) is 3.90. The van der Waals surface area contributed by atoms with Crippen LogP contribution in [0.1, 0.15) is 38.3 Å². The van der Waals surface area contributed by atoms with E-state index in [1.165, 1.54) is 36.8 Å². The van der Waals surface area contributed by atoms with Gasteiger partial charge in [-0.15, -0.1) is 0 Å². The highest BCUT2D eigenvalue weighted by molar-refractivity contribution is 5.90. The molecule has 2 heteroatoms. The van der Waals surface area contributed by atoms with Gasteiger partial charge in [-0.3, -0.25) is 4.98 Å². The summed E-state index contributed by atoms with van der Waals surface area (Å²) in [5, 5.41) is 4.86. The maximum atomic E-state index is 4.69. The Labute approximate surface area is 121 Å². The molecule has 1 heterocycles. The standard InChI is InChI=1S/C18H24N2/c1-13-6-9-15(10-7-13)12-19-17-5-3-4-16-11-8-14(2)20-18(16)17/h3-5,8,11,13,15,19H,6-7,9-10,12H2,1-2H3. The number of hydrogen-bond acceptors (Lipinski definition) is 2. The topological polar surface area (TPSA) is 24.9 Å². The van der Waals surface area contributed by atoms with Crippen LogP contribution in [0, 0.1) is 18.8 Å². The molecule has 0 amide bonds. The van der Waals surface area contributed by atoms with Gasteiger partial charge in [0.2, 0.25) is 0 Å². The molecule has 1 N–H and O–H groups in total. The maximum absolute atomic E-state index is 4.69. The number of anilines is 1. The molecule has 3 rings (SSSR count). The Balaban J connectivity index is 1.72. The van der Waals surface area contributed by atoms with Gasteiger partial charge in [0.1, 0.15) is 0 Å². The summed E-state index contributed by atoms with van der Waals surface area (Å²) in [7, 11) is 0. The quantitative estimate of drug-likeness (QED) is 0.866. The van der Waals surface area contributed by atoms with Gasteiger partial charge < -0.3 is 5.32 Å². The first-order valence-corrected chi connectivity index (χ1v) is 7.82. The van der Waals surface area contributed by atoms with Crippen LogP contribution < -0.4 is 5.32 Å². The van der Waals surface area contributed by atoms with E-state index in [-0.39, 0.29) is 0 Å². The molecule has 0 radical (unpaired) electrons. The second kappa shape index (κ2) is 5.82. The fraction of sp³-hybridized carbons (Fsp3) is 0.500. The van der Waals surface area contributed by atoms with Gasteiger partial charge in [-0.05, 0) is 43.7 Å². The number of rotatable bonds is 3. The maximum Gasteiger partial charge on any atom is 0.0936 e. The number of para-hydroxylation sites is 1. The average Bonchev–Trinajstić information content (AvgIpc) is 2.47. The van der Waals surface area contributed by atoms with Crippen LogP contribution in [0.2, 0.25) is 0 Å². The molecule has 0 atom stereocenters. The van der Waals surface area contributed by atoms with Crippen molar-refractivity contribution in [2.24, 2.45) is 11.8 Å². The van der Waals surface area contributed by atoms with Crippen LogP contribution in [0.15, 0.2) is 30.3 Å². The summed E-state index contributed by atoms with van der Waals surface area (Å²) in [5.41, 5.74) is 3.37. The third-order valence-corrected chi connectivity index (χ3v) is 4.58. The van der Waals surface area contributed by atoms with E-state index in [0.717, 1.165) is 29.6 Å². The van der Waals surface area contributed by atoms with Crippen LogP contribution in [0.3, 0.4) is 0 Å². The zero-order valence-corrected chi connectivity index (χ0v) is 12.5. The first-order valence-electron chi connectivity index (χ1n) is 7.82. The van der Waals surface area contributed by atoms with Crippen LogP contribution in [-0.4, -0.2) is 11.5 Å². The summed E-state index contributed by atoms with van der Waals surface area (Å²) in [4.78, 5) is 4.69. The van der Waals surface area contributed by atoms with E-state index in [0.29, 0.717) is 0 Å². The van der Waals surface area contributed by atoms with Crippen molar-refractivity contribution < 1.29 is 0 Å². The van der Waals surface area contributed by atoms with E-state index >= 15 is 0 Å². The lowest BCUT2D eigenvalue weighted by molar-refractivity contribution is 0.300. The van der Waals surface area contributed by atoms with E-state index in [9.17, 15) is 0 Å². The lowest BCUT2D eigenvalue weighted by Crippen LogP contribution is -2.20. The van der Waals surface area contributed by atoms with Gasteiger partial charge in [-0.1, -0.05) is 38.0 Å². The zero-order valence-electron chi connectivity index (χ0n) is 12.5. The van der Waals surface area contributed by atoms with Crippen molar-refractivity contribution in [1.29, 1.82) is 0 Å². The third-order valence-electron chi connectivity index (χ3n) is 4.58. The summed E-state index contributed by atoms with van der Waals surface area (Å²) in [5.74, 6) is 1.75. The Morgan fingerprint density at radius 3 is 2.70 bits per heavy atom. The molecule has 1 aliphatic rings. The van der Waals surface area contributed by atoms with Crippen molar-refractivity contribution in [2.45, 2.75) is 39.5 Å². The van der Waals surface area contributed by atoms with Crippen LogP contribution in [0.4, 0.5) is 5.69 Å². The van der Waals surface area contributed by atoms with Crippen molar-refractivity contribution >= 4 is 16.6 Å². The molecule has 106 valence electrons. The third kappa shape index (κ3) is 2.95. The SMILES string of the molecule is Cc1ccc2cccc(NCC3CCC(C)CC3)c2n1. The molecule has 1 aromatic heterocycles. The highest BCUT2D eigenvalue weighted by Gasteiger charge is 2.18. The fourth-order valence-corrected chi connectivity index (χ4v) is 3.17. The lowest BCUT2D eigenvalue weighted by Gasteiger charge is -2.26. The van der Waals surface area contributed by atoms with E-state index in [2.05, 4.69) is 54.5 Å². The van der Waals surface area contributed by atoms with E-state index in [1.807, 2.05) is 0 Å². The smallest absolute Gasteiger partial charge is 0.0936 e. The highest BCUT2D eigenvalue weighted by Crippen LogP contribution is 2.29. The highest BCUT2D eigenvalue weighted by atomic mass is 14.9. The van der Waals surface area contributed by atoms with Crippen molar-refractivity contribution in [3.63, 3.8) is 0 Å². The van der Waals surface area contributed by atoms with Gasteiger partial charge in [-0.2, -0.15) is 0 Å². The molecule has 1 saturated carbocycles. The largest absolute Gasteiger partial charge is 0.383 e. The minimum atomic E-state index is 0.825. The zero-order chi connectivity index (χ0) is 13.9. The van der Waals surface area contributed by atoms with Gasteiger partial charge >= 0.3 is 0 Å².